The topological polar surface area (TPSA) is 65.7 Å². The molecule has 146 valence electrons. The average Bonchev–Trinajstić information content (AvgIpc) is 3.26. The molecule has 0 spiro atoms. The number of furan rings is 1. The number of hydrogen-bond acceptors (Lipinski definition) is 4. The van der Waals surface area contributed by atoms with Crippen LogP contribution >= 0.6 is 0 Å². The molecule has 1 saturated carbocycles. The van der Waals surface area contributed by atoms with Crippen LogP contribution < -0.4 is 5.32 Å². The Kier molecular flexibility index (Phi) is 5.13. The maximum Gasteiger partial charge on any atom is 0.255 e. The van der Waals surface area contributed by atoms with Crippen molar-refractivity contribution in [2.75, 3.05) is 6.54 Å². The molecule has 1 saturated heterocycles. The Morgan fingerprint density at radius 1 is 1.22 bits per heavy atom. The lowest BCUT2D eigenvalue weighted by molar-refractivity contribution is 0.0937. The third-order valence-electron chi connectivity index (χ3n) is 6.33. The molecule has 2 heterocycles. The molecule has 5 heteroatoms. The van der Waals surface area contributed by atoms with Crippen LogP contribution in [0.1, 0.15) is 73.6 Å². The van der Waals surface area contributed by atoms with Gasteiger partial charge in [-0.2, -0.15) is 0 Å². The molecular weight excluding hydrogens is 340 g/mol. The summed E-state index contributed by atoms with van der Waals surface area (Å²) in [6.07, 6.45) is 8.06. The molecule has 0 radical (unpaired) electrons. The van der Waals surface area contributed by atoms with Gasteiger partial charge in [0.15, 0.2) is 0 Å². The van der Waals surface area contributed by atoms with Crippen LogP contribution in [0, 0.1) is 6.92 Å². The van der Waals surface area contributed by atoms with Gasteiger partial charge in [0.1, 0.15) is 17.1 Å². The highest BCUT2D eigenvalue weighted by Crippen LogP contribution is 2.36. The van der Waals surface area contributed by atoms with Gasteiger partial charge in [0.25, 0.3) is 5.91 Å². The Morgan fingerprint density at radius 3 is 2.70 bits per heavy atom. The van der Waals surface area contributed by atoms with Gasteiger partial charge in [-0.05, 0) is 58.2 Å². The van der Waals surface area contributed by atoms with Gasteiger partial charge < -0.3 is 14.8 Å². The van der Waals surface area contributed by atoms with Crippen LogP contribution in [0.3, 0.4) is 0 Å². The fraction of sp³-hybridized carbons (Fsp3) is 0.591. The van der Waals surface area contributed by atoms with Crippen molar-refractivity contribution in [3.8, 4) is 5.75 Å². The summed E-state index contributed by atoms with van der Waals surface area (Å²) >= 11 is 0. The molecule has 1 amide bonds. The number of carbonyl (C=O) groups excluding carboxylic acids is 1. The Hall–Kier alpha value is -2.01. The van der Waals surface area contributed by atoms with Crippen molar-refractivity contribution in [1.82, 2.24) is 10.2 Å². The van der Waals surface area contributed by atoms with Crippen LogP contribution in [0.4, 0.5) is 0 Å². The number of aryl methyl sites for hydroxylation is 1. The zero-order valence-corrected chi connectivity index (χ0v) is 16.4. The van der Waals surface area contributed by atoms with E-state index in [1.165, 1.54) is 32.1 Å². The van der Waals surface area contributed by atoms with Crippen molar-refractivity contribution in [2.45, 2.75) is 77.4 Å². The summed E-state index contributed by atoms with van der Waals surface area (Å²) in [5, 5.41) is 14.6. The third-order valence-corrected chi connectivity index (χ3v) is 6.33. The second-order valence-electron chi connectivity index (χ2n) is 8.24. The molecule has 0 bridgehead atoms. The van der Waals surface area contributed by atoms with Crippen molar-refractivity contribution < 1.29 is 14.3 Å². The zero-order valence-electron chi connectivity index (χ0n) is 16.4. The highest BCUT2D eigenvalue weighted by Gasteiger charge is 2.27. The highest BCUT2D eigenvalue weighted by molar-refractivity contribution is 6.09. The molecule has 27 heavy (non-hydrogen) atoms. The maximum absolute atomic E-state index is 13.1. The molecule has 1 aliphatic heterocycles. The van der Waals surface area contributed by atoms with Gasteiger partial charge in [-0.1, -0.05) is 19.3 Å². The fourth-order valence-corrected chi connectivity index (χ4v) is 4.72. The Bertz CT molecular complexity index is 836. The molecular formula is C22H30N2O3. The van der Waals surface area contributed by atoms with E-state index < -0.39 is 0 Å². The number of piperidine rings is 1. The van der Waals surface area contributed by atoms with Crippen LogP contribution in [0.2, 0.25) is 0 Å². The highest BCUT2D eigenvalue weighted by atomic mass is 16.3. The second kappa shape index (κ2) is 7.55. The molecule has 1 aromatic carbocycles. The number of aromatic hydroxyl groups is 1. The van der Waals surface area contributed by atoms with Gasteiger partial charge in [-0.15, -0.1) is 0 Å². The van der Waals surface area contributed by atoms with Crippen LogP contribution in [0.5, 0.6) is 5.75 Å². The largest absolute Gasteiger partial charge is 0.508 e. The Balaban J connectivity index is 1.71. The molecule has 5 nitrogen and oxygen atoms in total. The maximum atomic E-state index is 13.1. The van der Waals surface area contributed by atoms with E-state index in [9.17, 15) is 9.90 Å². The number of phenolic OH excluding ortho intramolecular Hbond substituents is 1. The Morgan fingerprint density at radius 2 is 1.96 bits per heavy atom. The predicted molar refractivity (Wildman–Crippen MR) is 106 cm³/mol. The first-order valence-corrected chi connectivity index (χ1v) is 10.3. The number of hydrogen-bond donors (Lipinski definition) is 2. The molecule has 2 N–H and O–H groups in total. The quantitative estimate of drug-likeness (QED) is 0.832. The molecule has 1 aliphatic carbocycles. The minimum atomic E-state index is -0.0725. The van der Waals surface area contributed by atoms with Gasteiger partial charge in [-0.25, -0.2) is 0 Å². The summed E-state index contributed by atoms with van der Waals surface area (Å²) in [5.74, 6) is 0.798. The smallest absolute Gasteiger partial charge is 0.255 e. The Labute approximate surface area is 160 Å². The molecule has 1 aromatic heterocycles. The number of amides is 1. The van der Waals surface area contributed by atoms with E-state index >= 15 is 0 Å². The van der Waals surface area contributed by atoms with Gasteiger partial charge in [0, 0.05) is 29.6 Å². The predicted octanol–water partition coefficient (Wildman–Crippen LogP) is 4.49. The number of nitrogens with zero attached hydrogens (tertiary/aromatic N) is 1. The first-order valence-electron chi connectivity index (χ1n) is 10.3. The van der Waals surface area contributed by atoms with Gasteiger partial charge >= 0.3 is 0 Å². The monoisotopic (exact) mass is 370 g/mol. The van der Waals surface area contributed by atoms with Crippen LogP contribution in [0.15, 0.2) is 16.5 Å². The summed E-state index contributed by atoms with van der Waals surface area (Å²) in [7, 11) is 0. The molecule has 1 unspecified atom stereocenters. The van der Waals surface area contributed by atoms with Crippen LogP contribution in [0.25, 0.3) is 11.0 Å². The summed E-state index contributed by atoms with van der Waals surface area (Å²) in [6, 6.07) is 4.20. The lowest BCUT2D eigenvalue weighted by Crippen LogP contribution is -2.37. The third kappa shape index (κ3) is 3.57. The van der Waals surface area contributed by atoms with E-state index in [2.05, 4.69) is 17.1 Å². The number of nitrogens with one attached hydrogen (secondary N) is 1. The van der Waals surface area contributed by atoms with Gasteiger partial charge in [-0.3, -0.25) is 9.69 Å². The minimum Gasteiger partial charge on any atom is -0.508 e. The second-order valence-corrected chi connectivity index (χ2v) is 8.24. The first-order chi connectivity index (χ1) is 13.0. The first kappa shape index (κ1) is 18.4. The summed E-state index contributed by atoms with van der Waals surface area (Å²) in [6.45, 7) is 5.75. The standard InChI is InChI=1S/C22H30N2O3/c1-14-7-5-6-12-24(14)13-17-18(25)10-11-19-21(17)20(15(2)27-19)22(26)23-16-8-3-4-9-16/h10-11,14,16,25H,3-9,12-13H2,1-2H3,(H,23,26). The SMILES string of the molecule is Cc1oc2ccc(O)c(CN3CCCCC3C)c2c1C(=O)NC1CCCC1. The van der Waals surface area contributed by atoms with Gasteiger partial charge in [0.2, 0.25) is 0 Å². The van der Waals surface area contributed by atoms with Gasteiger partial charge in [0.05, 0.1) is 5.56 Å². The summed E-state index contributed by atoms with van der Waals surface area (Å²) in [4.78, 5) is 15.5. The van der Waals surface area contributed by atoms with E-state index in [1.807, 2.05) is 6.92 Å². The normalized spacial score (nSPS) is 21.8. The van der Waals surface area contributed by atoms with E-state index in [-0.39, 0.29) is 17.7 Å². The summed E-state index contributed by atoms with van der Waals surface area (Å²) < 4.78 is 5.91. The van der Waals surface area contributed by atoms with Crippen LogP contribution in [-0.4, -0.2) is 34.5 Å². The van der Waals surface area contributed by atoms with E-state index in [0.29, 0.717) is 29.5 Å². The molecule has 1 atom stereocenters. The van der Waals surface area contributed by atoms with Crippen molar-refractivity contribution in [3.63, 3.8) is 0 Å². The molecule has 2 aromatic rings. The number of likely N-dealkylation sites (tertiary alicyclic amines) is 1. The zero-order chi connectivity index (χ0) is 19.0. The van der Waals surface area contributed by atoms with Crippen molar-refractivity contribution in [1.29, 1.82) is 0 Å². The molecule has 2 fully saturated rings. The van der Waals surface area contributed by atoms with Crippen LogP contribution in [-0.2, 0) is 6.54 Å². The van der Waals surface area contributed by atoms with E-state index in [4.69, 9.17) is 4.42 Å². The summed E-state index contributed by atoms with van der Waals surface area (Å²) in [5.41, 5.74) is 2.09. The average molecular weight is 370 g/mol. The molecule has 2 aliphatic rings. The number of phenols is 1. The molecule has 4 rings (SSSR count). The minimum absolute atomic E-state index is 0.0725. The van der Waals surface area contributed by atoms with Crippen molar-refractivity contribution >= 4 is 16.9 Å². The van der Waals surface area contributed by atoms with E-state index in [0.717, 1.165) is 30.3 Å². The lowest BCUT2D eigenvalue weighted by Gasteiger charge is -2.33. The number of benzene rings is 1. The fourth-order valence-electron chi connectivity index (χ4n) is 4.72. The number of rotatable bonds is 4. The van der Waals surface area contributed by atoms with Crippen molar-refractivity contribution in [2.24, 2.45) is 0 Å². The number of fused-ring (bicyclic) bond motifs is 1. The number of carbonyl (C=O) groups is 1. The van der Waals surface area contributed by atoms with Crippen molar-refractivity contribution in [3.05, 3.63) is 29.0 Å². The van der Waals surface area contributed by atoms with E-state index in [1.54, 1.807) is 12.1 Å². The lowest BCUT2D eigenvalue weighted by atomic mass is 9.99.